The van der Waals surface area contributed by atoms with E-state index in [9.17, 15) is 0 Å². The lowest BCUT2D eigenvalue weighted by molar-refractivity contribution is 0.0329. The van der Waals surface area contributed by atoms with Crippen molar-refractivity contribution < 1.29 is 0 Å². The van der Waals surface area contributed by atoms with Crippen LogP contribution in [0, 0.1) is 11.3 Å². The molecule has 0 aliphatic carbocycles. The molecule has 0 aromatic heterocycles. The Bertz CT molecular complexity index is 444. The van der Waals surface area contributed by atoms with Gasteiger partial charge in [0.1, 0.15) is 0 Å². The van der Waals surface area contributed by atoms with Crippen molar-refractivity contribution in [3.8, 4) is 0 Å². The van der Waals surface area contributed by atoms with Crippen molar-refractivity contribution in [2.75, 3.05) is 32.7 Å². The van der Waals surface area contributed by atoms with Gasteiger partial charge in [0.25, 0.3) is 0 Å². The zero-order valence-corrected chi connectivity index (χ0v) is 11.6. The highest BCUT2D eigenvalue weighted by Crippen LogP contribution is 2.54. The van der Waals surface area contributed by atoms with Crippen LogP contribution >= 0.6 is 0 Å². The highest BCUT2D eigenvalue weighted by atomic mass is 15.2. The van der Waals surface area contributed by atoms with Crippen molar-refractivity contribution in [1.29, 1.82) is 0 Å². The van der Waals surface area contributed by atoms with Crippen LogP contribution in [0.2, 0.25) is 0 Å². The summed E-state index contributed by atoms with van der Waals surface area (Å²) in [7, 11) is 0. The normalized spacial score (nSPS) is 41.6. The Morgan fingerprint density at radius 2 is 2.00 bits per heavy atom. The van der Waals surface area contributed by atoms with Crippen LogP contribution in [0.4, 0.5) is 0 Å². The van der Waals surface area contributed by atoms with Gasteiger partial charge in [-0.2, -0.15) is 0 Å². The molecule has 4 atom stereocenters. The molecule has 3 aliphatic heterocycles. The fourth-order valence-electron chi connectivity index (χ4n) is 4.94. The van der Waals surface area contributed by atoms with Gasteiger partial charge in [0.05, 0.1) is 0 Å². The molecule has 4 unspecified atom stereocenters. The minimum atomic E-state index is 0.583. The van der Waals surface area contributed by atoms with Crippen LogP contribution in [-0.2, 0) is 0 Å². The zero-order chi connectivity index (χ0) is 12.7. The molecule has 102 valence electrons. The standard InChI is InChI=1S/C17H24N2/c1-2-4-14(5-3-1)16-12-18-9-7-17(16)8-11-19-10-6-15(17)13-19/h1-5,15-16,18H,6-13H2. The summed E-state index contributed by atoms with van der Waals surface area (Å²) in [6, 6.07) is 11.3. The second-order valence-corrected chi connectivity index (χ2v) is 6.69. The molecule has 3 aliphatic rings. The Morgan fingerprint density at radius 3 is 2.89 bits per heavy atom. The first-order chi connectivity index (χ1) is 9.38. The van der Waals surface area contributed by atoms with E-state index < -0.39 is 0 Å². The summed E-state index contributed by atoms with van der Waals surface area (Å²) in [6.45, 7) is 6.45. The first-order valence-corrected chi connectivity index (χ1v) is 7.86. The Labute approximate surface area is 116 Å². The number of rotatable bonds is 1. The lowest BCUT2D eigenvalue weighted by atomic mass is 9.58. The Balaban J connectivity index is 1.71. The maximum atomic E-state index is 3.65. The Hall–Kier alpha value is -0.860. The average molecular weight is 256 g/mol. The van der Waals surface area contributed by atoms with Gasteiger partial charge < -0.3 is 10.2 Å². The van der Waals surface area contributed by atoms with Gasteiger partial charge in [0.2, 0.25) is 0 Å². The third-order valence-corrected chi connectivity index (χ3v) is 5.99. The molecule has 1 spiro atoms. The molecule has 2 nitrogen and oxygen atoms in total. The molecule has 3 fully saturated rings. The molecule has 1 N–H and O–H groups in total. The lowest BCUT2D eigenvalue weighted by Crippen LogP contribution is -2.52. The van der Waals surface area contributed by atoms with Crippen LogP contribution in [-0.4, -0.2) is 37.6 Å². The molecule has 0 amide bonds. The third-order valence-electron chi connectivity index (χ3n) is 5.99. The molecule has 2 heteroatoms. The fourth-order valence-corrected chi connectivity index (χ4v) is 4.94. The first-order valence-electron chi connectivity index (χ1n) is 7.86. The topological polar surface area (TPSA) is 15.3 Å². The maximum Gasteiger partial charge on any atom is 0.00256 e. The summed E-state index contributed by atoms with van der Waals surface area (Å²) in [5.41, 5.74) is 2.15. The second-order valence-electron chi connectivity index (χ2n) is 6.69. The summed E-state index contributed by atoms with van der Waals surface area (Å²) in [6.07, 6.45) is 4.23. The van der Waals surface area contributed by atoms with Crippen LogP contribution in [0.15, 0.2) is 30.3 Å². The Morgan fingerprint density at radius 1 is 1.11 bits per heavy atom. The molecule has 0 radical (unpaired) electrons. The molecule has 0 saturated carbocycles. The smallest absolute Gasteiger partial charge is 0.00256 e. The molecule has 4 rings (SSSR count). The number of fused-ring (bicyclic) bond motifs is 3. The van der Waals surface area contributed by atoms with Crippen molar-refractivity contribution in [3.05, 3.63) is 35.9 Å². The van der Waals surface area contributed by atoms with Crippen molar-refractivity contribution in [2.24, 2.45) is 11.3 Å². The van der Waals surface area contributed by atoms with Crippen LogP contribution in [0.3, 0.4) is 0 Å². The monoisotopic (exact) mass is 256 g/mol. The zero-order valence-electron chi connectivity index (χ0n) is 11.6. The lowest BCUT2D eigenvalue weighted by Gasteiger charge is -2.51. The molecule has 3 heterocycles. The Kier molecular flexibility index (Phi) is 2.89. The molecule has 1 aromatic rings. The average Bonchev–Trinajstić information content (AvgIpc) is 2.90. The van der Waals surface area contributed by atoms with Gasteiger partial charge in [-0.1, -0.05) is 30.3 Å². The van der Waals surface area contributed by atoms with Gasteiger partial charge in [-0.3, -0.25) is 0 Å². The van der Waals surface area contributed by atoms with Crippen LogP contribution in [0.1, 0.15) is 30.7 Å². The largest absolute Gasteiger partial charge is 0.316 e. The number of hydrogen-bond acceptors (Lipinski definition) is 2. The summed E-state index contributed by atoms with van der Waals surface area (Å²) < 4.78 is 0. The van der Waals surface area contributed by atoms with Crippen LogP contribution in [0.5, 0.6) is 0 Å². The minimum absolute atomic E-state index is 0.583. The van der Waals surface area contributed by atoms with Gasteiger partial charge >= 0.3 is 0 Å². The molecular weight excluding hydrogens is 232 g/mol. The van der Waals surface area contributed by atoms with Gasteiger partial charge in [0, 0.05) is 19.0 Å². The van der Waals surface area contributed by atoms with Gasteiger partial charge in [0.15, 0.2) is 0 Å². The summed E-state index contributed by atoms with van der Waals surface area (Å²) >= 11 is 0. The molecule has 1 aromatic carbocycles. The first kappa shape index (κ1) is 11.9. The van der Waals surface area contributed by atoms with Crippen molar-refractivity contribution in [2.45, 2.75) is 25.2 Å². The van der Waals surface area contributed by atoms with Crippen molar-refractivity contribution in [1.82, 2.24) is 10.2 Å². The summed E-state index contributed by atoms with van der Waals surface area (Å²) in [4.78, 5) is 2.68. The van der Waals surface area contributed by atoms with Gasteiger partial charge in [-0.05, 0) is 55.8 Å². The van der Waals surface area contributed by atoms with E-state index in [1.807, 2.05) is 0 Å². The SMILES string of the molecule is c1ccc(C2CNCCC23CCN2CCC3C2)cc1. The van der Waals surface area contributed by atoms with Crippen LogP contribution in [0.25, 0.3) is 0 Å². The summed E-state index contributed by atoms with van der Waals surface area (Å²) in [5, 5.41) is 3.65. The second kappa shape index (κ2) is 4.60. The van der Waals surface area contributed by atoms with E-state index in [2.05, 4.69) is 40.5 Å². The van der Waals surface area contributed by atoms with Gasteiger partial charge in [-0.15, -0.1) is 0 Å². The van der Waals surface area contributed by atoms with Gasteiger partial charge in [-0.25, -0.2) is 0 Å². The number of nitrogens with zero attached hydrogens (tertiary/aromatic N) is 1. The minimum Gasteiger partial charge on any atom is -0.316 e. The van der Waals surface area contributed by atoms with E-state index >= 15 is 0 Å². The van der Waals surface area contributed by atoms with E-state index in [4.69, 9.17) is 0 Å². The van der Waals surface area contributed by atoms with E-state index in [1.165, 1.54) is 52.0 Å². The van der Waals surface area contributed by atoms with E-state index in [-0.39, 0.29) is 0 Å². The molecule has 19 heavy (non-hydrogen) atoms. The van der Waals surface area contributed by atoms with E-state index in [0.29, 0.717) is 5.41 Å². The molecule has 2 bridgehead atoms. The number of hydrogen-bond donors (Lipinski definition) is 1. The van der Waals surface area contributed by atoms with Crippen molar-refractivity contribution in [3.63, 3.8) is 0 Å². The van der Waals surface area contributed by atoms with Crippen molar-refractivity contribution >= 4 is 0 Å². The third kappa shape index (κ3) is 1.85. The predicted molar refractivity (Wildman–Crippen MR) is 78.3 cm³/mol. The summed E-state index contributed by atoms with van der Waals surface area (Å²) in [5.74, 6) is 1.67. The maximum absolute atomic E-state index is 3.65. The van der Waals surface area contributed by atoms with E-state index in [1.54, 1.807) is 5.56 Å². The number of nitrogens with one attached hydrogen (secondary N) is 1. The van der Waals surface area contributed by atoms with Crippen LogP contribution < -0.4 is 5.32 Å². The number of benzene rings is 1. The predicted octanol–water partition coefficient (Wildman–Crippen LogP) is 2.48. The number of piperidine rings is 2. The molecular formula is C17H24N2. The van der Waals surface area contributed by atoms with E-state index in [0.717, 1.165) is 11.8 Å². The highest BCUT2D eigenvalue weighted by Gasteiger charge is 2.51. The quantitative estimate of drug-likeness (QED) is 0.830. The molecule has 3 saturated heterocycles. The highest BCUT2D eigenvalue weighted by molar-refractivity contribution is 5.25. The fraction of sp³-hybridized carbons (Fsp3) is 0.647.